The number of nitrogens with zero attached hydrogens (tertiary/aromatic N) is 1. The number of ether oxygens (including phenoxy) is 1. The summed E-state index contributed by atoms with van der Waals surface area (Å²) in [4.78, 5) is 14.1. The van der Waals surface area contributed by atoms with Gasteiger partial charge in [0.2, 0.25) is 0 Å². The molecule has 3 aromatic rings. The molecular weight excluding hydrogens is 290 g/mol. The number of hydrogen-bond acceptors (Lipinski definition) is 4. The predicted molar refractivity (Wildman–Crippen MR) is 92.8 cm³/mol. The lowest BCUT2D eigenvalue weighted by molar-refractivity contribution is 0.178. The molecule has 0 N–H and O–H groups in total. The van der Waals surface area contributed by atoms with Crippen LogP contribution < -0.4 is 5.63 Å². The van der Waals surface area contributed by atoms with Crippen LogP contribution in [-0.2, 0) is 11.3 Å². The molecule has 0 radical (unpaired) electrons. The number of hydrogen-bond donors (Lipinski definition) is 0. The molecule has 0 amide bonds. The molecule has 4 heteroatoms. The van der Waals surface area contributed by atoms with E-state index in [0.717, 1.165) is 41.3 Å². The zero-order valence-corrected chi connectivity index (χ0v) is 13.5. The van der Waals surface area contributed by atoms with Crippen LogP contribution in [0.15, 0.2) is 51.7 Å². The Bertz CT molecular complexity index is 869. The normalized spacial score (nSPS) is 11.6. The van der Waals surface area contributed by atoms with E-state index in [1.54, 1.807) is 13.2 Å². The standard InChI is InChI=1S/C19H21NO3/c1-20(10-5-11-22-2)13-15-12-18(21)23-17-9-8-14-6-3-4-7-16(14)19(15)17/h3-4,6-9,12H,5,10-11,13H2,1-2H3. The van der Waals surface area contributed by atoms with Crippen LogP contribution in [-0.4, -0.2) is 32.2 Å². The molecule has 2 aromatic carbocycles. The predicted octanol–water partition coefficient (Wildman–Crippen LogP) is 3.41. The Kier molecular flexibility index (Phi) is 4.74. The summed E-state index contributed by atoms with van der Waals surface area (Å²) in [5.74, 6) is 0. The molecule has 0 saturated carbocycles. The second-order valence-corrected chi connectivity index (χ2v) is 5.83. The Morgan fingerprint density at radius 1 is 1.17 bits per heavy atom. The van der Waals surface area contributed by atoms with Crippen LogP contribution in [0.3, 0.4) is 0 Å². The van der Waals surface area contributed by atoms with Gasteiger partial charge in [-0.15, -0.1) is 0 Å². The lowest BCUT2D eigenvalue weighted by Crippen LogP contribution is -2.21. The fraction of sp³-hybridized carbons (Fsp3) is 0.316. The van der Waals surface area contributed by atoms with Crippen molar-refractivity contribution >= 4 is 21.7 Å². The highest BCUT2D eigenvalue weighted by Crippen LogP contribution is 2.27. The monoisotopic (exact) mass is 311 g/mol. The van der Waals surface area contributed by atoms with Crippen molar-refractivity contribution in [2.24, 2.45) is 0 Å². The topological polar surface area (TPSA) is 42.7 Å². The number of fused-ring (bicyclic) bond motifs is 3. The van der Waals surface area contributed by atoms with Crippen LogP contribution in [0.4, 0.5) is 0 Å². The summed E-state index contributed by atoms with van der Waals surface area (Å²) in [7, 11) is 3.77. The second-order valence-electron chi connectivity index (χ2n) is 5.83. The lowest BCUT2D eigenvalue weighted by atomic mass is 10.0. The summed E-state index contributed by atoms with van der Waals surface area (Å²) >= 11 is 0. The maximum absolute atomic E-state index is 11.9. The maximum atomic E-state index is 11.9. The molecule has 0 bridgehead atoms. The highest BCUT2D eigenvalue weighted by Gasteiger charge is 2.11. The minimum Gasteiger partial charge on any atom is -0.423 e. The minimum absolute atomic E-state index is 0.298. The number of rotatable bonds is 6. The quantitative estimate of drug-likeness (QED) is 0.397. The summed E-state index contributed by atoms with van der Waals surface area (Å²) in [6.07, 6.45) is 0.965. The molecule has 0 atom stereocenters. The van der Waals surface area contributed by atoms with Gasteiger partial charge in [0, 0.05) is 38.3 Å². The van der Waals surface area contributed by atoms with Crippen molar-refractivity contribution in [1.29, 1.82) is 0 Å². The summed E-state index contributed by atoms with van der Waals surface area (Å²) in [6, 6.07) is 13.7. The summed E-state index contributed by atoms with van der Waals surface area (Å²) in [5, 5.41) is 3.30. The van der Waals surface area contributed by atoms with Crippen molar-refractivity contribution < 1.29 is 9.15 Å². The van der Waals surface area contributed by atoms with E-state index in [1.165, 1.54) is 0 Å². The van der Waals surface area contributed by atoms with Gasteiger partial charge in [-0.2, -0.15) is 0 Å². The zero-order valence-electron chi connectivity index (χ0n) is 13.5. The fourth-order valence-corrected chi connectivity index (χ4v) is 2.99. The Morgan fingerprint density at radius 3 is 2.83 bits per heavy atom. The molecule has 0 aliphatic heterocycles. The molecule has 3 rings (SSSR count). The van der Waals surface area contributed by atoms with Crippen molar-refractivity contribution in [3.8, 4) is 0 Å². The molecule has 1 heterocycles. The maximum Gasteiger partial charge on any atom is 0.336 e. The van der Waals surface area contributed by atoms with Gasteiger partial charge in [0.15, 0.2) is 0 Å². The van der Waals surface area contributed by atoms with Crippen molar-refractivity contribution in [3.05, 3.63) is 58.4 Å². The Hall–Kier alpha value is -2.17. The molecule has 0 aliphatic carbocycles. The van der Waals surface area contributed by atoms with Crippen LogP contribution in [0.2, 0.25) is 0 Å². The molecule has 120 valence electrons. The molecular formula is C19H21NO3. The first-order valence-electron chi connectivity index (χ1n) is 7.81. The molecule has 0 fully saturated rings. The third-order valence-corrected chi connectivity index (χ3v) is 4.04. The highest BCUT2D eigenvalue weighted by molar-refractivity contribution is 6.07. The molecule has 0 unspecified atom stereocenters. The summed E-state index contributed by atoms with van der Waals surface area (Å²) in [5.41, 5.74) is 1.36. The molecule has 23 heavy (non-hydrogen) atoms. The van der Waals surface area contributed by atoms with Crippen LogP contribution in [0.5, 0.6) is 0 Å². The van der Waals surface area contributed by atoms with Crippen molar-refractivity contribution in [1.82, 2.24) is 4.90 Å². The van der Waals surface area contributed by atoms with Gasteiger partial charge < -0.3 is 14.1 Å². The van der Waals surface area contributed by atoms with E-state index in [1.807, 2.05) is 24.3 Å². The molecule has 1 aromatic heterocycles. The van der Waals surface area contributed by atoms with E-state index in [9.17, 15) is 4.79 Å². The third kappa shape index (κ3) is 3.44. The first-order chi connectivity index (χ1) is 11.2. The number of methoxy groups -OCH3 is 1. The Balaban J connectivity index is 2.04. The van der Waals surface area contributed by atoms with Gasteiger partial charge in [-0.05, 0) is 35.9 Å². The van der Waals surface area contributed by atoms with E-state index < -0.39 is 0 Å². The van der Waals surface area contributed by atoms with Gasteiger partial charge in [0.1, 0.15) is 5.58 Å². The largest absolute Gasteiger partial charge is 0.423 e. The van der Waals surface area contributed by atoms with Gasteiger partial charge in [0.05, 0.1) is 0 Å². The van der Waals surface area contributed by atoms with E-state index in [2.05, 4.69) is 24.1 Å². The van der Waals surface area contributed by atoms with Crippen LogP contribution >= 0.6 is 0 Å². The van der Waals surface area contributed by atoms with Gasteiger partial charge >= 0.3 is 5.63 Å². The zero-order chi connectivity index (χ0) is 16.2. The average molecular weight is 311 g/mol. The molecule has 0 aliphatic rings. The average Bonchev–Trinajstić information content (AvgIpc) is 2.54. The summed E-state index contributed by atoms with van der Waals surface area (Å²) < 4.78 is 10.5. The van der Waals surface area contributed by atoms with Gasteiger partial charge in [0.25, 0.3) is 0 Å². The van der Waals surface area contributed by atoms with Gasteiger partial charge in [-0.25, -0.2) is 4.79 Å². The second kappa shape index (κ2) is 6.94. The molecule has 4 nitrogen and oxygen atoms in total. The molecule has 0 spiro atoms. The highest BCUT2D eigenvalue weighted by atomic mass is 16.5. The first-order valence-corrected chi connectivity index (χ1v) is 7.81. The summed E-state index contributed by atoms with van der Waals surface area (Å²) in [6.45, 7) is 2.37. The van der Waals surface area contributed by atoms with Gasteiger partial charge in [-0.3, -0.25) is 0 Å². The van der Waals surface area contributed by atoms with Crippen molar-refractivity contribution in [2.45, 2.75) is 13.0 Å². The molecule has 0 saturated heterocycles. The first kappa shape index (κ1) is 15.7. The van der Waals surface area contributed by atoms with E-state index >= 15 is 0 Å². The van der Waals surface area contributed by atoms with Crippen LogP contribution in [0, 0.1) is 0 Å². The third-order valence-electron chi connectivity index (χ3n) is 4.04. The van der Waals surface area contributed by atoms with Crippen molar-refractivity contribution in [2.75, 3.05) is 27.3 Å². The Morgan fingerprint density at radius 2 is 2.00 bits per heavy atom. The van der Waals surface area contributed by atoms with E-state index in [-0.39, 0.29) is 5.63 Å². The fourth-order valence-electron chi connectivity index (χ4n) is 2.99. The number of benzene rings is 2. The van der Waals surface area contributed by atoms with Crippen molar-refractivity contribution in [3.63, 3.8) is 0 Å². The lowest BCUT2D eigenvalue weighted by Gasteiger charge is -2.17. The van der Waals surface area contributed by atoms with Crippen LogP contribution in [0.1, 0.15) is 12.0 Å². The minimum atomic E-state index is -0.298. The van der Waals surface area contributed by atoms with E-state index in [4.69, 9.17) is 9.15 Å². The van der Waals surface area contributed by atoms with Gasteiger partial charge in [-0.1, -0.05) is 30.3 Å². The smallest absolute Gasteiger partial charge is 0.336 e. The van der Waals surface area contributed by atoms with Crippen LogP contribution in [0.25, 0.3) is 21.7 Å². The SMILES string of the molecule is COCCCN(C)Cc1cc(=O)oc2ccc3ccccc3c12. The Labute approximate surface area is 135 Å². The van der Waals surface area contributed by atoms with E-state index in [0.29, 0.717) is 12.1 Å².